The number of rotatable bonds is 6. The van der Waals surface area contributed by atoms with Gasteiger partial charge in [-0.2, -0.15) is 0 Å². The van der Waals surface area contributed by atoms with E-state index in [0.29, 0.717) is 6.54 Å². The topological polar surface area (TPSA) is 41.5 Å². The number of aliphatic hydroxyl groups is 1. The fourth-order valence-electron chi connectivity index (χ4n) is 1.32. The Morgan fingerprint density at radius 2 is 2.19 bits per heavy atom. The van der Waals surface area contributed by atoms with E-state index >= 15 is 0 Å². The van der Waals surface area contributed by atoms with Crippen molar-refractivity contribution >= 4 is 15.9 Å². The van der Waals surface area contributed by atoms with E-state index < -0.39 is 0 Å². The fourth-order valence-corrected chi connectivity index (χ4v) is 1.84. The molecule has 0 aromatic heterocycles. The van der Waals surface area contributed by atoms with E-state index in [2.05, 4.69) is 21.2 Å². The fraction of sp³-hybridized carbons (Fsp3) is 0.500. The molecule has 0 saturated carbocycles. The van der Waals surface area contributed by atoms with Crippen molar-refractivity contribution in [3.05, 3.63) is 28.2 Å². The normalized spacial score (nSPS) is 10.8. The monoisotopic (exact) mass is 287 g/mol. The molecule has 0 atom stereocenters. The minimum atomic E-state index is 0.162. The molecule has 3 nitrogen and oxygen atoms in total. The summed E-state index contributed by atoms with van der Waals surface area (Å²) >= 11 is 3.48. The van der Waals surface area contributed by atoms with E-state index in [9.17, 15) is 0 Å². The van der Waals surface area contributed by atoms with Gasteiger partial charge in [0.2, 0.25) is 0 Å². The van der Waals surface area contributed by atoms with Crippen molar-refractivity contribution in [2.75, 3.05) is 13.2 Å². The minimum Gasteiger partial charge on any atom is -0.490 e. The number of nitrogens with one attached hydrogen (secondary N) is 1. The van der Waals surface area contributed by atoms with Crippen LogP contribution in [-0.4, -0.2) is 24.4 Å². The molecule has 0 aliphatic rings. The Labute approximate surface area is 105 Å². The minimum absolute atomic E-state index is 0.162. The third-order valence-corrected chi connectivity index (χ3v) is 2.60. The molecule has 1 aromatic rings. The Bertz CT molecular complexity index is 329. The highest BCUT2D eigenvalue weighted by molar-refractivity contribution is 9.10. The van der Waals surface area contributed by atoms with Gasteiger partial charge in [-0.25, -0.2) is 0 Å². The summed E-state index contributed by atoms with van der Waals surface area (Å²) in [6.45, 7) is 5.53. The van der Waals surface area contributed by atoms with Crippen LogP contribution in [0, 0.1) is 0 Å². The Morgan fingerprint density at radius 3 is 2.75 bits per heavy atom. The largest absolute Gasteiger partial charge is 0.490 e. The van der Waals surface area contributed by atoms with Crippen molar-refractivity contribution in [3.63, 3.8) is 0 Å². The molecule has 1 aromatic carbocycles. The van der Waals surface area contributed by atoms with Gasteiger partial charge >= 0.3 is 0 Å². The summed E-state index contributed by atoms with van der Waals surface area (Å²) in [5, 5.41) is 11.8. The lowest BCUT2D eigenvalue weighted by Crippen LogP contribution is -2.17. The molecule has 0 fully saturated rings. The van der Waals surface area contributed by atoms with Crippen LogP contribution in [-0.2, 0) is 6.54 Å². The summed E-state index contributed by atoms with van der Waals surface area (Å²) in [4.78, 5) is 0. The number of aliphatic hydroxyl groups excluding tert-OH is 1. The van der Waals surface area contributed by atoms with Gasteiger partial charge in [-0.15, -0.1) is 0 Å². The van der Waals surface area contributed by atoms with Crippen molar-refractivity contribution in [1.82, 2.24) is 5.32 Å². The number of hydrogen-bond acceptors (Lipinski definition) is 3. The number of hydrogen-bond donors (Lipinski definition) is 2. The van der Waals surface area contributed by atoms with Gasteiger partial charge in [0.1, 0.15) is 5.75 Å². The molecule has 1 rings (SSSR count). The molecular formula is C12H18BrNO2. The summed E-state index contributed by atoms with van der Waals surface area (Å²) in [6, 6.07) is 6.01. The predicted octanol–water partition coefficient (Wildman–Crippen LogP) is 2.32. The zero-order valence-electron chi connectivity index (χ0n) is 9.66. The maximum absolute atomic E-state index is 8.65. The lowest BCUT2D eigenvalue weighted by atomic mass is 10.2. The van der Waals surface area contributed by atoms with Crippen molar-refractivity contribution < 1.29 is 9.84 Å². The molecule has 16 heavy (non-hydrogen) atoms. The van der Waals surface area contributed by atoms with Crippen molar-refractivity contribution in [2.45, 2.75) is 26.5 Å². The van der Waals surface area contributed by atoms with Gasteiger partial charge in [-0.05, 0) is 47.5 Å². The highest BCUT2D eigenvalue weighted by atomic mass is 79.9. The van der Waals surface area contributed by atoms with E-state index in [1.54, 1.807) is 0 Å². The summed E-state index contributed by atoms with van der Waals surface area (Å²) in [5.74, 6) is 0.862. The van der Waals surface area contributed by atoms with Crippen molar-refractivity contribution in [3.8, 4) is 5.75 Å². The molecular weight excluding hydrogens is 270 g/mol. The van der Waals surface area contributed by atoms with Crippen molar-refractivity contribution in [2.24, 2.45) is 0 Å². The van der Waals surface area contributed by atoms with Crippen LogP contribution in [0.2, 0.25) is 0 Å². The van der Waals surface area contributed by atoms with Gasteiger partial charge in [0.15, 0.2) is 0 Å². The third kappa shape index (κ3) is 4.51. The maximum atomic E-state index is 8.65. The maximum Gasteiger partial charge on any atom is 0.133 e. The number of ether oxygens (including phenoxy) is 1. The standard InChI is InChI=1S/C12H18BrNO2/c1-9(2)16-12-4-3-10(7-11(12)13)8-14-5-6-15/h3-4,7,9,14-15H,5-6,8H2,1-2H3. The van der Waals surface area contributed by atoms with Crippen LogP contribution in [0.5, 0.6) is 5.75 Å². The molecule has 0 radical (unpaired) electrons. The molecule has 0 bridgehead atoms. The summed E-state index contributed by atoms with van der Waals surface area (Å²) in [5.41, 5.74) is 1.16. The molecule has 2 N–H and O–H groups in total. The van der Waals surface area contributed by atoms with Gasteiger partial charge in [-0.3, -0.25) is 0 Å². The summed E-state index contributed by atoms with van der Waals surface area (Å²) in [7, 11) is 0. The molecule has 0 spiro atoms. The van der Waals surface area contributed by atoms with Crippen LogP contribution in [0.25, 0.3) is 0 Å². The quantitative estimate of drug-likeness (QED) is 0.789. The second-order valence-electron chi connectivity index (χ2n) is 3.83. The van der Waals surface area contributed by atoms with E-state index in [1.165, 1.54) is 0 Å². The molecule has 0 aliphatic heterocycles. The Kier molecular flexibility index (Phi) is 5.80. The second kappa shape index (κ2) is 6.89. The highest BCUT2D eigenvalue weighted by Crippen LogP contribution is 2.26. The first kappa shape index (κ1) is 13.5. The lowest BCUT2D eigenvalue weighted by Gasteiger charge is -2.12. The van der Waals surface area contributed by atoms with Crippen LogP contribution in [0.15, 0.2) is 22.7 Å². The average Bonchev–Trinajstić information content (AvgIpc) is 2.22. The second-order valence-corrected chi connectivity index (χ2v) is 4.69. The van der Waals surface area contributed by atoms with Crippen LogP contribution < -0.4 is 10.1 Å². The van der Waals surface area contributed by atoms with Gasteiger partial charge in [0.05, 0.1) is 17.2 Å². The zero-order valence-corrected chi connectivity index (χ0v) is 11.3. The first-order chi connectivity index (χ1) is 7.63. The van der Waals surface area contributed by atoms with Crippen LogP contribution in [0.4, 0.5) is 0 Å². The van der Waals surface area contributed by atoms with E-state index in [-0.39, 0.29) is 12.7 Å². The molecule has 0 unspecified atom stereocenters. The SMILES string of the molecule is CC(C)Oc1ccc(CNCCO)cc1Br. The first-order valence-electron chi connectivity index (χ1n) is 5.40. The third-order valence-electron chi connectivity index (χ3n) is 1.98. The molecule has 0 aliphatic carbocycles. The Morgan fingerprint density at radius 1 is 1.44 bits per heavy atom. The molecule has 4 heteroatoms. The van der Waals surface area contributed by atoms with Crippen LogP contribution >= 0.6 is 15.9 Å². The van der Waals surface area contributed by atoms with E-state index in [4.69, 9.17) is 9.84 Å². The first-order valence-corrected chi connectivity index (χ1v) is 6.19. The predicted molar refractivity (Wildman–Crippen MR) is 68.7 cm³/mol. The van der Waals surface area contributed by atoms with Gasteiger partial charge in [0, 0.05) is 13.1 Å². The number of halogens is 1. The molecule has 90 valence electrons. The van der Waals surface area contributed by atoms with Crippen molar-refractivity contribution in [1.29, 1.82) is 0 Å². The Balaban J connectivity index is 2.60. The number of benzene rings is 1. The summed E-state index contributed by atoms with van der Waals surface area (Å²) in [6.07, 6.45) is 0.176. The van der Waals surface area contributed by atoms with Crippen LogP contribution in [0.3, 0.4) is 0 Å². The average molecular weight is 288 g/mol. The molecule has 0 saturated heterocycles. The molecule has 0 heterocycles. The lowest BCUT2D eigenvalue weighted by molar-refractivity contribution is 0.240. The van der Waals surface area contributed by atoms with Gasteiger partial charge in [-0.1, -0.05) is 6.07 Å². The van der Waals surface area contributed by atoms with Crippen LogP contribution in [0.1, 0.15) is 19.4 Å². The Hall–Kier alpha value is -0.580. The molecule has 0 amide bonds. The van der Waals surface area contributed by atoms with E-state index in [0.717, 1.165) is 22.3 Å². The smallest absolute Gasteiger partial charge is 0.133 e. The van der Waals surface area contributed by atoms with E-state index in [1.807, 2.05) is 32.0 Å². The zero-order chi connectivity index (χ0) is 12.0. The highest BCUT2D eigenvalue weighted by Gasteiger charge is 2.04. The van der Waals surface area contributed by atoms with Gasteiger partial charge < -0.3 is 15.2 Å². The van der Waals surface area contributed by atoms with Gasteiger partial charge in [0.25, 0.3) is 0 Å². The summed E-state index contributed by atoms with van der Waals surface area (Å²) < 4.78 is 6.58.